The molecule has 0 nitrogen and oxygen atoms in total. The molecule has 47 heavy (non-hydrogen) atoms. The van der Waals surface area contributed by atoms with Gasteiger partial charge in [0.2, 0.25) is 0 Å². The normalized spacial score (nSPS) is 13.1. The SMILES string of the molecule is CC1(C)c2ccccc2-c2cc3c(-c4ccc(-c5ccccc5)cc4)c4ccccc4c(-c4ccc(-c5ccccc5)cc4)c3cc21. The molecule has 0 heteroatoms. The van der Waals surface area contributed by atoms with Crippen molar-refractivity contribution in [1.82, 2.24) is 0 Å². The summed E-state index contributed by atoms with van der Waals surface area (Å²) in [5.41, 5.74) is 15.4. The van der Waals surface area contributed by atoms with E-state index < -0.39 is 0 Å². The molecule has 9 rings (SSSR count). The summed E-state index contributed by atoms with van der Waals surface area (Å²) in [4.78, 5) is 0. The Hall–Kier alpha value is -5.72. The maximum Gasteiger partial charge on any atom is 0.0159 e. The van der Waals surface area contributed by atoms with Crippen LogP contribution in [0.25, 0.3) is 77.2 Å². The number of fused-ring (bicyclic) bond motifs is 5. The summed E-state index contributed by atoms with van der Waals surface area (Å²) in [7, 11) is 0. The molecular formula is C47H34. The van der Waals surface area contributed by atoms with E-state index in [1.807, 2.05) is 0 Å². The van der Waals surface area contributed by atoms with Gasteiger partial charge in [0.15, 0.2) is 0 Å². The molecule has 1 aliphatic carbocycles. The van der Waals surface area contributed by atoms with Gasteiger partial charge in [-0.3, -0.25) is 0 Å². The molecule has 0 radical (unpaired) electrons. The lowest BCUT2D eigenvalue weighted by atomic mass is 9.79. The van der Waals surface area contributed by atoms with Crippen molar-refractivity contribution in [2.75, 3.05) is 0 Å². The van der Waals surface area contributed by atoms with Gasteiger partial charge in [0.05, 0.1) is 0 Å². The highest BCUT2D eigenvalue weighted by molar-refractivity contribution is 6.22. The quantitative estimate of drug-likeness (QED) is 0.177. The second kappa shape index (κ2) is 10.7. The standard InChI is InChI=1S/C47H34/c1-47(2)43-20-12-11-17-37(43)40-29-41-42(30-44(40)47)46(36-27-23-34(24-28-36)32-15-7-4-8-16-32)39-19-10-9-18-38(39)45(41)35-25-21-33(22-26-35)31-13-5-3-6-14-31/h3-30H,1-2H3. The summed E-state index contributed by atoms with van der Waals surface area (Å²) in [6.45, 7) is 4.75. The summed E-state index contributed by atoms with van der Waals surface area (Å²) in [6.07, 6.45) is 0. The third-order valence-corrected chi connectivity index (χ3v) is 10.3. The van der Waals surface area contributed by atoms with Crippen LogP contribution in [-0.2, 0) is 5.41 Å². The highest BCUT2D eigenvalue weighted by atomic mass is 14.4. The molecule has 0 heterocycles. The van der Waals surface area contributed by atoms with Crippen LogP contribution in [0.5, 0.6) is 0 Å². The summed E-state index contributed by atoms with van der Waals surface area (Å²) < 4.78 is 0. The van der Waals surface area contributed by atoms with Crippen molar-refractivity contribution in [3.8, 4) is 55.6 Å². The van der Waals surface area contributed by atoms with E-state index in [1.165, 1.54) is 88.3 Å². The lowest BCUT2D eigenvalue weighted by Crippen LogP contribution is -2.14. The summed E-state index contributed by atoms with van der Waals surface area (Å²) in [5, 5.41) is 5.16. The lowest BCUT2D eigenvalue weighted by Gasteiger charge is -2.24. The smallest absolute Gasteiger partial charge is 0.0159 e. The van der Waals surface area contributed by atoms with Crippen molar-refractivity contribution < 1.29 is 0 Å². The molecule has 0 atom stereocenters. The van der Waals surface area contributed by atoms with Gasteiger partial charge in [-0.2, -0.15) is 0 Å². The van der Waals surface area contributed by atoms with E-state index in [1.54, 1.807) is 0 Å². The molecule has 0 spiro atoms. The van der Waals surface area contributed by atoms with Gasteiger partial charge < -0.3 is 0 Å². The van der Waals surface area contributed by atoms with Crippen LogP contribution in [0.2, 0.25) is 0 Å². The maximum atomic E-state index is 2.51. The molecule has 0 saturated carbocycles. The monoisotopic (exact) mass is 598 g/mol. The Morgan fingerprint density at radius 3 is 1.23 bits per heavy atom. The molecule has 0 N–H and O–H groups in total. The Labute approximate surface area is 276 Å². The average molecular weight is 599 g/mol. The van der Waals surface area contributed by atoms with Crippen LogP contribution in [0.15, 0.2) is 170 Å². The predicted molar refractivity (Wildman–Crippen MR) is 201 cm³/mol. The maximum absolute atomic E-state index is 2.51. The van der Waals surface area contributed by atoms with Crippen molar-refractivity contribution in [2.24, 2.45) is 0 Å². The zero-order chi connectivity index (χ0) is 31.5. The van der Waals surface area contributed by atoms with Crippen molar-refractivity contribution in [3.63, 3.8) is 0 Å². The van der Waals surface area contributed by atoms with Crippen LogP contribution in [0, 0.1) is 0 Å². The first-order valence-corrected chi connectivity index (χ1v) is 16.5. The van der Waals surface area contributed by atoms with E-state index >= 15 is 0 Å². The Morgan fingerprint density at radius 2 is 0.702 bits per heavy atom. The second-order valence-electron chi connectivity index (χ2n) is 13.3. The Balaban J connectivity index is 1.34. The fraction of sp³-hybridized carbons (Fsp3) is 0.0638. The Kier molecular flexibility index (Phi) is 6.27. The Morgan fingerprint density at radius 1 is 0.298 bits per heavy atom. The van der Waals surface area contributed by atoms with Crippen LogP contribution >= 0.6 is 0 Å². The number of rotatable bonds is 4. The molecule has 0 saturated heterocycles. The first-order valence-electron chi connectivity index (χ1n) is 16.5. The van der Waals surface area contributed by atoms with Crippen molar-refractivity contribution in [1.29, 1.82) is 0 Å². The van der Waals surface area contributed by atoms with E-state index in [4.69, 9.17) is 0 Å². The predicted octanol–water partition coefficient (Wildman–Crippen LogP) is 13.0. The molecule has 1 aliphatic rings. The van der Waals surface area contributed by atoms with Crippen LogP contribution in [0.3, 0.4) is 0 Å². The average Bonchev–Trinajstić information content (AvgIpc) is 3.36. The van der Waals surface area contributed by atoms with Gasteiger partial charge in [-0.15, -0.1) is 0 Å². The molecule has 0 unspecified atom stereocenters. The molecule has 0 fully saturated rings. The van der Waals surface area contributed by atoms with Gasteiger partial charge in [0.1, 0.15) is 0 Å². The molecule has 0 bridgehead atoms. The minimum Gasteiger partial charge on any atom is -0.0622 e. The van der Waals surface area contributed by atoms with E-state index in [0.717, 1.165) is 0 Å². The fourth-order valence-electron chi connectivity index (χ4n) is 7.91. The van der Waals surface area contributed by atoms with Crippen LogP contribution < -0.4 is 0 Å². The number of benzene rings is 8. The number of hydrogen-bond acceptors (Lipinski definition) is 0. The van der Waals surface area contributed by atoms with E-state index in [2.05, 4.69) is 184 Å². The van der Waals surface area contributed by atoms with Gasteiger partial charge in [0, 0.05) is 5.41 Å². The molecular weight excluding hydrogens is 565 g/mol. The first-order chi connectivity index (χ1) is 23.1. The minimum atomic E-state index is -0.0856. The minimum absolute atomic E-state index is 0.0856. The summed E-state index contributed by atoms with van der Waals surface area (Å²) in [6, 6.07) is 62.6. The largest absolute Gasteiger partial charge is 0.0622 e. The Bertz CT molecular complexity index is 2430. The highest BCUT2D eigenvalue weighted by Gasteiger charge is 2.36. The zero-order valence-corrected chi connectivity index (χ0v) is 26.7. The molecule has 222 valence electrons. The van der Waals surface area contributed by atoms with E-state index in [0.29, 0.717) is 0 Å². The number of hydrogen-bond donors (Lipinski definition) is 0. The second-order valence-corrected chi connectivity index (χ2v) is 13.3. The van der Waals surface area contributed by atoms with Gasteiger partial charge in [0.25, 0.3) is 0 Å². The molecule has 0 amide bonds. The first kappa shape index (κ1) is 27.6. The van der Waals surface area contributed by atoms with Gasteiger partial charge >= 0.3 is 0 Å². The summed E-state index contributed by atoms with van der Waals surface area (Å²) >= 11 is 0. The highest BCUT2D eigenvalue weighted by Crippen LogP contribution is 2.53. The zero-order valence-electron chi connectivity index (χ0n) is 26.7. The third-order valence-electron chi connectivity index (χ3n) is 10.3. The van der Waals surface area contributed by atoms with Crippen LogP contribution in [0.1, 0.15) is 25.0 Å². The third kappa shape index (κ3) is 4.37. The van der Waals surface area contributed by atoms with Crippen molar-refractivity contribution in [3.05, 3.63) is 181 Å². The van der Waals surface area contributed by atoms with Gasteiger partial charge in [-0.1, -0.05) is 172 Å². The van der Waals surface area contributed by atoms with Crippen LogP contribution in [0.4, 0.5) is 0 Å². The topological polar surface area (TPSA) is 0 Å². The van der Waals surface area contributed by atoms with Crippen molar-refractivity contribution in [2.45, 2.75) is 19.3 Å². The molecule has 0 aromatic heterocycles. The molecule has 0 aliphatic heterocycles. The van der Waals surface area contributed by atoms with Gasteiger partial charge in [-0.05, 0) is 100 Å². The van der Waals surface area contributed by atoms with Crippen molar-refractivity contribution >= 4 is 21.5 Å². The fourth-order valence-corrected chi connectivity index (χ4v) is 7.91. The molecule has 8 aromatic rings. The van der Waals surface area contributed by atoms with Crippen LogP contribution in [-0.4, -0.2) is 0 Å². The molecule has 8 aromatic carbocycles. The van der Waals surface area contributed by atoms with E-state index in [9.17, 15) is 0 Å². The summed E-state index contributed by atoms with van der Waals surface area (Å²) in [5.74, 6) is 0. The van der Waals surface area contributed by atoms with E-state index in [-0.39, 0.29) is 5.41 Å². The van der Waals surface area contributed by atoms with Gasteiger partial charge in [-0.25, -0.2) is 0 Å². The lowest BCUT2D eigenvalue weighted by molar-refractivity contribution is 0.661.